The van der Waals surface area contributed by atoms with Gasteiger partial charge >= 0.3 is 5.97 Å². The van der Waals surface area contributed by atoms with Crippen LogP contribution in [0.3, 0.4) is 0 Å². The van der Waals surface area contributed by atoms with Crippen LogP contribution in [0.1, 0.15) is 29.0 Å². The van der Waals surface area contributed by atoms with Gasteiger partial charge in [0.15, 0.2) is 0 Å². The zero-order valence-corrected chi connectivity index (χ0v) is 12.1. The fourth-order valence-electron chi connectivity index (χ4n) is 2.45. The summed E-state index contributed by atoms with van der Waals surface area (Å²) in [5.74, 6) is -0.423. The molecule has 1 heterocycles. The molecule has 0 unspecified atom stereocenters. The van der Waals surface area contributed by atoms with Crippen molar-refractivity contribution in [3.63, 3.8) is 0 Å². The zero-order chi connectivity index (χ0) is 14.2. The van der Waals surface area contributed by atoms with Crippen LogP contribution in [-0.2, 0) is 6.54 Å². The van der Waals surface area contributed by atoms with Gasteiger partial charge in [0.25, 0.3) is 0 Å². The fourth-order valence-corrected chi connectivity index (χ4v) is 3.21. The fraction of sp³-hybridized carbons (Fsp3) is 0.400. The minimum atomic E-state index is -0.933. The molecule has 1 aromatic carbocycles. The number of rotatable bonds is 6. The number of carboxylic acid groups (broad SMARTS) is 1. The summed E-state index contributed by atoms with van der Waals surface area (Å²) in [6.07, 6.45) is 4.58. The number of hydrogen-bond donors (Lipinski definition) is 2. The molecule has 3 rings (SSSR count). The number of hydrogen-bond acceptors (Lipinski definition) is 4. The normalized spacial score (nSPS) is 16.4. The topological polar surface area (TPSA) is 62.5 Å². The van der Waals surface area contributed by atoms with Crippen LogP contribution in [0.5, 0.6) is 0 Å². The molecule has 0 saturated heterocycles. The largest absolute Gasteiger partial charge is 0.478 e. The molecule has 106 valence electrons. The van der Waals surface area contributed by atoms with Crippen LogP contribution >= 0.6 is 11.8 Å². The lowest BCUT2D eigenvalue weighted by atomic mass is 10.1. The number of furan rings is 1. The maximum atomic E-state index is 11.4. The van der Waals surface area contributed by atoms with Gasteiger partial charge < -0.3 is 14.8 Å². The van der Waals surface area contributed by atoms with Crippen molar-refractivity contribution in [3.05, 3.63) is 35.6 Å². The molecular weight excluding hydrogens is 274 g/mol. The number of carboxylic acids is 1. The van der Waals surface area contributed by atoms with Crippen molar-refractivity contribution in [1.82, 2.24) is 5.32 Å². The van der Waals surface area contributed by atoms with Crippen molar-refractivity contribution in [2.24, 2.45) is 0 Å². The predicted molar refractivity (Wildman–Crippen MR) is 80.4 cm³/mol. The van der Waals surface area contributed by atoms with E-state index in [4.69, 9.17) is 4.42 Å². The molecule has 0 atom stereocenters. The van der Waals surface area contributed by atoms with E-state index in [2.05, 4.69) is 11.6 Å². The molecule has 0 amide bonds. The van der Waals surface area contributed by atoms with Crippen LogP contribution in [0.15, 0.2) is 28.7 Å². The van der Waals surface area contributed by atoms with E-state index in [1.807, 2.05) is 23.9 Å². The summed E-state index contributed by atoms with van der Waals surface area (Å²) < 4.78 is 6.04. The molecule has 1 aliphatic rings. The van der Waals surface area contributed by atoms with Crippen molar-refractivity contribution in [2.75, 3.05) is 12.8 Å². The van der Waals surface area contributed by atoms with Crippen molar-refractivity contribution in [2.45, 2.75) is 24.1 Å². The standard InChI is InChI=1S/C15H17NO3S/c1-20-15(6-7-15)9-16-8-12-13(14(17)18)10-4-2-3-5-11(10)19-12/h2-5,16H,6-9H2,1H3,(H,17,18). The summed E-state index contributed by atoms with van der Waals surface area (Å²) in [6.45, 7) is 1.35. The Kier molecular flexibility index (Phi) is 3.48. The van der Waals surface area contributed by atoms with E-state index in [1.54, 1.807) is 12.1 Å². The monoisotopic (exact) mass is 291 g/mol. The maximum absolute atomic E-state index is 11.4. The Labute approximate surface area is 121 Å². The summed E-state index contributed by atoms with van der Waals surface area (Å²) in [5.41, 5.74) is 0.912. The second kappa shape index (κ2) is 5.14. The van der Waals surface area contributed by atoms with Crippen LogP contribution in [-0.4, -0.2) is 28.6 Å². The highest BCUT2D eigenvalue weighted by Crippen LogP contribution is 2.46. The van der Waals surface area contributed by atoms with Gasteiger partial charge in [0.2, 0.25) is 0 Å². The van der Waals surface area contributed by atoms with Crippen molar-refractivity contribution < 1.29 is 14.3 Å². The summed E-state index contributed by atoms with van der Waals surface area (Å²) in [7, 11) is 0. The van der Waals surface area contributed by atoms with Crippen LogP contribution in [0, 0.1) is 0 Å². The van der Waals surface area contributed by atoms with Gasteiger partial charge in [-0.05, 0) is 25.2 Å². The maximum Gasteiger partial charge on any atom is 0.339 e. The summed E-state index contributed by atoms with van der Waals surface area (Å²) in [6, 6.07) is 7.27. The van der Waals surface area contributed by atoms with Crippen molar-refractivity contribution >= 4 is 28.7 Å². The predicted octanol–water partition coefficient (Wildman–Crippen LogP) is 3.12. The molecule has 1 aromatic heterocycles. The Bertz CT molecular complexity index is 646. The summed E-state index contributed by atoms with van der Waals surface area (Å²) >= 11 is 1.88. The van der Waals surface area contributed by atoms with Gasteiger partial charge in [-0.1, -0.05) is 18.2 Å². The van der Waals surface area contributed by atoms with Gasteiger partial charge in [0.05, 0.1) is 6.54 Å². The van der Waals surface area contributed by atoms with E-state index < -0.39 is 5.97 Å². The lowest BCUT2D eigenvalue weighted by molar-refractivity contribution is 0.0696. The first-order valence-corrected chi connectivity index (χ1v) is 7.87. The number of aromatic carboxylic acids is 1. The number of nitrogens with one attached hydrogen (secondary N) is 1. The Balaban J connectivity index is 1.80. The van der Waals surface area contributed by atoms with E-state index >= 15 is 0 Å². The molecule has 2 aromatic rings. The van der Waals surface area contributed by atoms with Crippen LogP contribution in [0.4, 0.5) is 0 Å². The average molecular weight is 291 g/mol. The van der Waals surface area contributed by atoms with Crippen LogP contribution < -0.4 is 5.32 Å². The molecule has 0 bridgehead atoms. The van der Waals surface area contributed by atoms with Crippen molar-refractivity contribution in [1.29, 1.82) is 0 Å². The van der Waals surface area contributed by atoms with Gasteiger partial charge in [-0.15, -0.1) is 0 Å². The molecule has 1 saturated carbocycles. The minimum absolute atomic E-state index is 0.280. The number of carbonyl (C=O) groups is 1. The van der Waals surface area contributed by atoms with Gasteiger partial charge in [0.1, 0.15) is 16.9 Å². The SMILES string of the molecule is CSC1(CNCc2oc3ccccc3c2C(=O)O)CC1. The second-order valence-corrected chi connectivity index (χ2v) is 6.47. The molecule has 0 radical (unpaired) electrons. The van der Waals surface area contributed by atoms with E-state index in [0.29, 0.717) is 28.0 Å². The Hall–Kier alpha value is -1.46. The van der Waals surface area contributed by atoms with E-state index in [1.165, 1.54) is 12.8 Å². The molecule has 20 heavy (non-hydrogen) atoms. The first kappa shape index (κ1) is 13.5. The molecule has 0 aliphatic heterocycles. The van der Waals surface area contributed by atoms with Crippen molar-refractivity contribution in [3.8, 4) is 0 Å². The highest BCUT2D eigenvalue weighted by molar-refractivity contribution is 8.00. The quantitative estimate of drug-likeness (QED) is 0.856. The average Bonchev–Trinajstić information content (AvgIpc) is 3.11. The number of thioether (sulfide) groups is 1. The lowest BCUT2D eigenvalue weighted by Gasteiger charge is -2.12. The Morgan fingerprint density at radius 1 is 1.45 bits per heavy atom. The Morgan fingerprint density at radius 3 is 2.85 bits per heavy atom. The van der Waals surface area contributed by atoms with E-state index in [9.17, 15) is 9.90 Å². The summed E-state index contributed by atoms with van der Waals surface area (Å²) in [5, 5.41) is 13.4. The molecular formula is C15H17NO3S. The third-order valence-corrected chi connectivity index (χ3v) is 5.27. The van der Waals surface area contributed by atoms with E-state index in [0.717, 1.165) is 6.54 Å². The van der Waals surface area contributed by atoms with Crippen LogP contribution in [0.2, 0.25) is 0 Å². The third-order valence-electron chi connectivity index (χ3n) is 3.86. The molecule has 1 aliphatic carbocycles. The highest BCUT2D eigenvalue weighted by atomic mass is 32.2. The van der Waals surface area contributed by atoms with Gasteiger partial charge in [-0.25, -0.2) is 4.79 Å². The number of para-hydroxylation sites is 1. The van der Waals surface area contributed by atoms with Gasteiger partial charge in [-0.3, -0.25) is 0 Å². The minimum Gasteiger partial charge on any atom is -0.478 e. The lowest BCUT2D eigenvalue weighted by Crippen LogP contribution is -2.25. The van der Waals surface area contributed by atoms with Gasteiger partial charge in [0, 0.05) is 16.7 Å². The molecule has 4 nitrogen and oxygen atoms in total. The smallest absolute Gasteiger partial charge is 0.339 e. The summed E-state index contributed by atoms with van der Waals surface area (Å²) in [4.78, 5) is 11.4. The van der Waals surface area contributed by atoms with Crippen LogP contribution in [0.25, 0.3) is 11.0 Å². The zero-order valence-electron chi connectivity index (χ0n) is 11.3. The Morgan fingerprint density at radius 2 is 2.20 bits per heavy atom. The second-order valence-electron chi connectivity index (χ2n) is 5.19. The molecule has 0 spiro atoms. The van der Waals surface area contributed by atoms with E-state index in [-0.39, 0.29) is 5.56 Å². The highest BCUT2D eigenvalue weighted by Gasteiger charge is 2.41. The molecule has 5 heteroatoms. The number of fused-ring (bicyclic) bond motifs is 1. The number of benzene rings is 1. The third kappa shape index (κ3) is 2.43. The molecule has 1 fully saturated rings. The first-order chi connectivity index (χ1) is 9.65. The molecule has 2 N–H and O–H groups in total. The first-order valence-electron chi connectivity index (χ1n) is 6.65. The van der Waals surface area contributed by atoms with Gasteiger partial charge in [-0.2, -0.15) is 11.8 Å².